The van der Waals surface area contributed by atoms with Crippen LogP contribution in [0.5, 0.6) is 0 Å². The molecule has 7 heteroatoms. The molecule has 1 aliphatic carbocycles. The number of nitrogens with one attached hydrogen (secondary N) is 1. The summed E-state index contributed by atoms with van der Waals surface area (Å²) in [6.07, 6.45) is 4.82. The zero-order chi connectivity index (χ0) is 14.5. The highest BCUT2D eigenvalue weighted by Gasteiger charge is 2.37. The van der Waals surface area contributed by atoms with Crippen molar-refractivity contribution in [3.8, 4) is 0 Å². The molecule has 1 saturated carbocycles. The molecule has 0 aromatic heterocycles. The molecule has 0 heterocycles. The van der Waals surface area contributed by atoms with Gasteiger partial charge in [-0.05, 0) is 33.4 Å². The smallest absolute Gasteiger partial charge is 0.279 e. The van der Waals surface area contributed by atoms with Gasteiger partial charge in [-0.2, -0.15) is 12.7 Å². The number of aliphatic hydroxyl groups excluding tert-OH is 1. The van der Waals surface area contributed by atoms with E-state index in [1.54, 1.807) is 0 Å². The average Bonchev–Trinajstić information content (AvgIpc) is 2.83. The van der Waals surface area contributed by atoms with Gasteiger partial charge in [0.15, 0.2) is 0 Å². The van der Waals surface area contributed by atoms with E-state index in [4.69, 9.17) is 5.11 Å². The minimum atomic E-state index is -3.45. The van der Waals surface area contributed by atoms with Crippen LogP contribution in [0.2, 0.25) is 0 Å². The molecule has 0 saturated heterocycles. The van der Waals surface area contributed by atoms with Crippen molar-refractivity contribution in [2.75, 3.05) is 40.8 Å². The lowest BCUT2D eigenvalue weighted by molar-refractivity contribution is 0.161. The molecule has 0 bridgehead atoms. The van der Waals surface area contributed by atoms with Crippen LogP contribution in [0.1, 0.15) is 32.1 Å². The van der Waals surface area contributed by atoms with E-state index in [0.29, 0.717) is 19.5 Å². The molecule has 0 amide bonds. The summed E-state index contributed by atoms with van der Waals surface area (Å²) in [5, 5.41) is 8.75. The maximum Gasteiger partial charge on any atom is 0.279 e. The van der Waals surface area contributed by atoms with E-state index < -0.39 is 10.2 Å². The molecule has 2 N–H and O–H groups in total. The van der Waals surface area contributed by atoms with Gasteiger partial charge in [0.2, 0.25) is 0 Å². The first-order valence-electron chi connectivity index (χ1n) is 6.83. The summed E-state index contributed by atoms with van der Waals surface area (Å²) in [7, 11) is 2.11. The SMILES string of the molecule is CN(C)C1(CNS(=O)(=O)N(C)CCCO)CCCC1. The maximum absolute atomic E-state index is 12.1. The second kappa shape index (κ2) is 6.99. The summed E-state index contributed by atoms with van der Waals surface area (Å²) in [6, 6.07) is 0. The largest absolute Gasteiger partial charge is 0.396 e. The second-order valence-electron chi connectivity index (χ2n) is 5.55. The van der Waals surface area contributed by atoms with Crippen molar-refractivity contribution >= 4 is 10.2 Å². The van der Waals surface area contributed by atoms with E-state index in [1.807, 2.05) is 14.1 Å². The maximum atomic E-state index is 12.1. The summed E-state index contributed by atoms with van der Waals surface area (Å²) in [6.45, 7) is 0.786. The van der Waals surface area contributed by atoms with Crippen LogP contribution in [0.3, 0.4) is 0 Å². The lowest BCUT2D eigenvalue weighted by Gasteiger charge is -2.36. The molecule has 0 spiro atoms. The fraction of sp³-hybridized carbons (Fsp3) is 1.00. The molecular weight excluding hydrogens is 266 g/mol. The Balaban J connectivity index is 2.58. The first kappa shape index (κ1) is 16.8. The third-order valence-corrected chi connectivity index (χ3v) is 5.62. The molecule has 114 valence electrons. The van der Waals surface area contributed by atoms with Crippen molar-refractivity contribution in [3.05, 3.63) is 0 Å². The topological polar surface area (TPSA) is 72.9 Å². The van der Waals surface area contributed by atoms with E-state index >= 15 is 0 Å². The Morgan fingerprint density at radius 2 is 1.79 bits per heavy atom. The molecule has 6 nitrogen and oxygen atoms in total. The minimum absolute atomic E-state index is 0.00148. The number of aliphatic hydroxyl groups is 1. The predicted octanol–water partition coefficient (Wildman–Crippen LogP) is 0.00940. The van der Waals surface area contributed by atoms with Gasteiger partial charge in [0.25, 0.3) is 10.2 Å². The van der Waals surface area contributed by atoms with Gasteiger partial charge in [0.1, 0.15) is 0 Å². The van der Waals surface area contributed by atoms with Crippen molar-refractivity contribution in [3.63, 3.8) is 0 Å². The molecule has 0 atom stereocenters. The molecule has 0 aliphatic heterocycles. The monoisotopic (exact) mass is 293 g/mol. The first-order valence-corrected chi connectivity index (χ1v) is 8.27. The zero-order valence-corrected chi connectivity index (χ0v) is 13.0. The van der Waals surface area contributed by atoms with E-state index in [1.165, 1.54) is 11.4 Å². The minimum Gasteiger partial charge on any atom is -0.396 e. The van der Waals surface area contributed by atoms with Gasteiger partial charge in [-0.25, -0.2) is 4.72 Å². The molecule has 1 aliphatic rings. The molecule has 0 aromatic carbocycles. The Kier molecular flexibility index (Phi) is 6.19. The van der Waals surface area contributed by atoms with Crippen LogP contribution in [0.4, 0.5) is 0 Å². The van der Waals surface area contributed by atoms with Gasteiger partial charge >= 0.3 is 0 Å². The Bertz CT molecular complexity index is 364. The molecule has 19 heavy (non-hydrogen) atoms. The van der Waals surface area contributed by atoms with Crippen LogP contribution in [-0.2, 0) is 10.2 Å². The van der Waals surface area contributed by atoms with E-state index in [-0.39, 0.29) is 12.1 Å². The molecule has 0 aromatic rings. The lowest BCUT2D eigenvalue weighted by atomic mass is 9.97. The van der Waals surface area contributed by atoms with Gasteiger partial charge in [-0.15, -0.1) is 0 Å². The normalized spacial score (nSPS) is 19.5. The highest BCUT2D eigenvalue weighted by atomic mass is 32.2. The Hall–Kier alpha value is -0.210. The summed E-state index contributed by atoms with van der Waals surface area (Å²) in [4.78, 5) is 2.14. The van der Waals surface area contributed by atoms with Crippen molar-refractivity contribution in [1.29, 1.82) is 0 Å². The summed E-state index contributed by atoms with van der Waals surface area (Å²) >= 11 is 0. The number of rotatable bonds is 8. The van der Waals surface area contributed by atoms with Crippen molar-refractivity contribution < 1.29 is 13.5 Å². The molecule has 1 rings (SSSR count). The number of likely N-dealkylation sites (N-methyl/N-ethyl adjacent to an activating group) is 1. The fourth-order valence-electron chi connectivity index (χ4n) is 2.56. The summed E-state index contributed by atoms with van der Waals surface area (Å²) < 4.78 is 28.1. The fourth-order valence-corrected chi connectivity index (χ4v) is 3.61. The standard InChI is InChI=1S/C12H27N3O3S/c1-14(2)12(7-4-5-8-12)11-13-19(17,18)15(3)9-6-10-16/h13,16H,4-11H2,1-3H3. The quantitative estimate of drug-likeness (QED) is 0.661. The van der Waals surface area contributed by atoms with Crippen LogP contribution < -0.4 is 4.72 Å². The van der Waals surface area contributed by atoms with Crippen molar-refractivity contribution in [1.82, 2.24) is 13.9 Å². The average molecular weight is 293 g/mol. The van der Waals surface area contributed by atoms with Crippen LogP contribution in [0, 0.1) is 0 Å². The van der Waals surface area contributed by atoms with Crippen LogP contribution >= 0.6 is 0 Å². The third kappa shape index (κ3) is 4.39. The summed E-state index contributed by atoms with van der Waals surface area (Å²) in [5.41, 5.74) is -0.0507. The van der Waals surface area contributed by atoms with Crippen molar-refractivity contribution in [2.45, 2.75) is 37.6 Å². The summed E-state index contributed by atoms with van der Waals surface area (Å²) in [5.74, 6) is 0. The number of hydrogen-bond acceptors (Lipinski definition) is 4. The zero-order valence-electron chi connectivity index (χ0n) is 12.2. The highest BCUT2D eigenvalue weighted by Crippen LogP contribution is 2.33. The first-order chi connectivity index (χ1) is 8.84. The molecular formula is C12H27N3O3S. The van der Waals surface area contributed by atoms with E-state index in [2.05, 4.69) is 9.62 Å². The van der Waals surface area contributed by atoms with E-state index in [9.17, 15) is 8.42 Å². The Morgan fingerprint density at radius 3 is 2.26 bits per heavy atom. The molecule has 0 radical (unpaired) electrons. The second-order valence-corrected chi connectivity index (χ2v) is 7.41. The van der Waals surface area contributed by atoms with E-state index in [0.717, 1.165) is 25.7 Å². The van der Waals surface area contributed by atoms with Gasteiger partial charge in [0, 0.05) is 32.3 Å². The van der Waals surface area contributed by atoms with Gasteiger partial charge in [-0.1, -0.05) is 12.8 Å². The van der Waals surface area contributed by atoms with Gasteiger partial charge in [-0.3, -0.25) is 0 Å². The third-order valence-electron chi connectivity index (χ3n) is 4.11. The molecule has 0 unspecified atom stereocenters. The number of hydrogen-bond donors (Lipinski definition) is 2. The Labute approximate surface area is 117 Å². The van der Waals surface area contributed by atoms with Crippen molar-refractivity contribution in [2.24, 2.45) is 0 Å². The Morgan fingerprint density at radius 1 is 1.21 bits per heavy atom. The van der Waals surface area contributed by atoms with Gasteiger partial charge < -0.3 is 10.0 Å². The van der Waals surface area contributed by atoms with Crippen LogP contribution in [-0.4, -0.2) is 69.1 Å². The molecule has 1 fully saturated rings. The lowest BCUT2D eigenvalue weighted by Crippen LogP contribution is -2.52. The van der Waals surface area contributed by atoms with Gasteiger partial charge in [0.05, 0.1) is 0 Å². The predicted molar refractivity (Wildman–Crippen MR) is 76.1 cm³/mol. The highest BCUT2D eigenvalue weighted by molar-refractivity contribution is 7.87. The number of nitrogens with zero attached hydrogens (tertiary/aromatic N) is 2. The van der Waals surface area contributed by atoms with Crippen LogP contribution in [0.25, 0.3) is 0 Å². The van der Waals surface area contributed by atoms with Crippen LogP contribution in [0.15, 0.2) is 0 Å².